The van der Waals surface area contributed by atoms with Crippen LogP contribution in [0.5, 0.6) is 0 Å². The molecule has 1 unspecified atom stereocenters. The summed E-state index contributed by atoms with van der Waals surface area (Å²) in [6, 6.07) is 0. The van der Waals surface area contributed by atoms with E-state index in [1.807, 2.05) is 0 Å². The minimum atomic E-state index is -0.781. The first-order valence-electron chi connectivity index (χ1n) is 34.5. The summed E-state index contributed by atoms with van der Waals surface area (Å²) < 4.78 is 16.9. The van der Waals surface area contributed by atoms with E-state index in [0.29, 0.717) is 19.3 Å². The van der Waals surface area contributed by atoms with Crippen molar-refractivity contribution >= 4 is 17.9 Å². The second-order valence-electron chi connectivity index (χ2n) is 23.4. The summed E-state index contributed by atoms with van der Waals surface area (Å²) in [6.07, 6.45) is 82.0. The molecule has 0 aromatic heterocycles. The van der Waals surface area contributed by atoms with Crippen molar-refractivity contribution in [3.05, 3.63) is 36.5 Å². The Labute approximate surface area is 480 Å². The van der Waals surface area contributed by atoms with Crippen molar-refractivity contribution in [1.29, 1.82) is 0 Å². The number of hydrogen-bond donors (Lipinski definition) is 0. The molecule has 0 aliphatic carbocycles. The van der Waals surface area contributed by atoms with Gasteiger partial charge in [0.15, 0.2) is 6.10 Å². The summed E-state index contributed by atoms with van der Waals surface area (Å²) in [5.41, 5.74) is 0. The van der Waals surface area contributed by atoms with E-state index in [-0.39, 0.29) is 31.1 Å². The van der Waals surface area contributed by atoms with E-state index in [4.69, 9.17) is 14.2 Å². The Bertz CT molecular complexity index is 1290. The number of ether oxygens (including phenoxy) is 3. The Balaban J connectivity index is 4.04. The van der Waals surface area contributed by atoms with Crippen molar-refractivity contribution < 1.29 is 28.6 Å². The van der Waals surface area contributed by atoms with Crippen LogP contribution in [0, 0.1) is 0 Å². The average Bonchev–Trinajstić information content (AvgIpc) is 3.43. The zero-order chi connectivity index (χ0) is 55.7. The Kier molecular flexibility index (Phi) is 64.1. The third-order valence-electron chi connectivity index (χ3n) is 15.6. The predicted molar refractivity (Wildman–Crippen MR) is 335 cm³/mol. The van der Waals surface area contributed by atoms with Crippen LogP contribution in [0.25, 0.3) is 0 Å². The van der Waals surface area contributed by atoms with E-state index < -0.39 is 6.10 Å². The molecule has 0 rings (SSSR count). The molecule has 0 radical (unpaired) electrons. The van der Waals surface area contributed by atoms with Gasteiger partial charge < -0.3 is 14.2 Å². The summed E-state index contributed by atoms with van der Waals surface area (Å²) in [7, 11) is 0. The maximum Gasteiger partial charge on any atom is 0.306 e. The molecule has 6 nitrogen and oxygen atoms in total. The SMILES string of the molecule is CCCC/C=C\C/C=C\CCCCCCCC(=O)OC(COC(=O)CCCCCCC/C=C\CCCCC)COC(=O)CCCCCCCCCCCCCCCCCCCCCCCCCCCCCCCCCCC. The van der Waals surface area contributed by atoms with Gasteiger partial charge in [-0.05, 0) is 70.6 Å². The summed E-state index contributed by atoms with van der Waals surface area (Å²) in [5, 5.41) is 0. The highest BCUT2D eigenvalue weighted by Crippen LogP contribution is 2.19. The van der Waals surface area contributed by atoms with E-state index in [2.05, 4.69) is 57.2 Å². The van der Waals surface area contributed by atoms with E-state index in [1.54, 1.807) is 0 Å². The molecule has 0 N–H and O–H groups in total. The highest BCUT2D eigenvalue weighted by molar-refractivity contribution is 5.71. The topological polar surface area (TPSA) is 78.9 Å². The zero-order valence-corrected chi connectivity index (χ0v) is 52.0. The largest absolute Gasteiger partial charge is 0.462 e. The van der Waals surface area contributed by atoms with E-state index in [9.17, 15) is 14.4 Å². The molecular weight excluding hydrogens is 949 g/mol. The third kappa shape index (κ3) is 64.3. The molecule has 0 aliphatic heterocycles. The highest BCUT2D eigenvalue weighted by Gasteiger charge is 2.19. The number of rotatable bonds is 64. The summed E-state index contributed by atoms with van der Waals surface area (Å²) >= 11 is 0. The van der Waals surface area contributed by atoms with Crippen LogP contribution in [0.15, 0.2) is 36.5 Å². The van der Waals surface area contributed by atoms with Crippen molar-refractivity contribution in [1.82, 2.24) is 0 Å². The second kappa shape index (κ2) is 66.1. The van der Waals surface area contributed by atoms with Gasteiger partial charge in [0.05, 0.1) is 0 Å². The highest BCUT2D eigenvalue weighted by atomic mass is 16.6. The fourth-order valence-corrected chi connectivity index (χ4v) is 10.4. The first-order valence-corrected chi connectivity index (χ1v) is 34.5. The molecule has 77 heavy (non-hydrogen) atoms. The molecule has 0 aromatic rings. The van der Waals surface area contributed by atoms with Gasteiger partial charge in [0, 0.05) is 19.3 Å². The van der Waals surface area contributed by atoms with E-state index in [0.717, 1.165) is 89.9 Å². The quantitative estimate of drug-likeness (QED) is 0.0261. The summed E-state index contributed by atoms with van der Waals surface area (Å²) in [4.78, 5) is 38.2. The third-order valence-corrected chi connectivity index (χ3v) is 15.6. The van der Waals surface area contributed by atoms with Crippen molar-refractivity contribution in [2.75, 3.05) is 13.2 Å². The lowest BCUT2D eigenvalue weighted by molar-refractivity contribution is -0.167. The number of hydrogen-bond acceptors (Lipinski definition) is 6. The van der Waals surface area contributed by atoms with Crippen LogP contribution in [0.3, 0.4) is 0 Å². The molecule has 0 aliphatic rings. The first kappa shape index (κ1) is 74.6. The van der Waals surface area contributed by atoms with Crippen LogP contribution < -0.4 is 0 Å². The average molecular weight is 1080 g/mol. The standard InChI is InChI=1S/C71H132O6/c1-4-7-10-13-16-19-22-25-27-28-29-30-31-32-33-34-35-36-37-38-39-40-41-42-43-44-45-47-49-52-55-58-61-64-70(73)76-67-68(66-75-69(72)63-60-57-54-51-48-24-21-18-15-12-9-6-3)77-71(74)65-62-59-56-53-50-46-26-23-20-17-14-11-8-5-2/h14,17-18,21,23,26,68H,4-13,15-16,19-20,22,24-25,27-67H2,1-3H3/b17-14-,21-18-,26-23-. The van der Waals surface area contributed by atoms with Gasteiger partial charge in [0.25, 0.3) is 0 Å². The molecule has 0 aromatic carbocycles. The zero-order valence-electron chi connectivity index (χ0n) is 52.0. The minimum absolute atomic E-state index is 0.0768. The van der Waals surface area contributed by atoms with Gasteiger partial charge in [-0.25, -0.2) is 0 Å². The Morgan fingerprint density at radius 2 is 0.481 bits per heavy atom. The van der Waals surface area contributed by atoms with Gasteiger partial charge in [0.1, 0.15) is 13.2 Å². The number of esters is 3. The molecule has 0 bridgehead atoms. The monoisotopic (exact) mass is 1080 g/mol. The second-order valence-corrected chi connectivity index (χ2v) is 23.4. The lowest BCUT2D eigenvalue weighted by atomic mass is 10.0. The Hall–Kier alpha value is -2.37. The van der Waals surface area contributed by atoms with Crippen molar-refractivity contribution in [3.63, 3.8) is 0 Å². The van der Waals surface area contributed by atoms with Gasteiger partial charge in [0.2, 0.25) is 0 Å². The van der Waals surface area contributed by atoms with Crippen molar-refractivity contribution in [2.45, 2.75) is 386 Å². The normalized spacial score (nSPS) is 12.2. The Morgan fingerprint density at radius 1 is 0.260 bits per heavy atom. The van der Waals surface area contributed by atoms with Gasteiger partial charge in [-0.15, -0.1) is 0 Å². The van der Waals surface area contributed by atoms with Crippen LogP contribution in [0.2, 0.25) is 0 Å². The molecule has 0 spiro atoms. The van der Waals surface area contributed by atoms with Gasteiger partial charge in [-0.1, -0.05) is 327 Å². The van der Waals surface area contributed by atoms with Crippen LogP contribution >= 0.6 is 0 Å². The maximum atomic E-state index is 12.9. The predicted octanol–water partition coefficient (Wildman–Crippen LogP) is 23.6. The lowest BCUT2D eigenvalue weighted by Crippen LogP contribution is -2.30. The van der Waals surface area contributed by atoms with Crippen LogP contribution in [0.1, 0.15) is 380 Å². The fraction of sp³-hybridized carbons (Fsp3) is 0.873. The molecule has 0 heterocycles. The Morgan fingerprint density at radius 3 is 0.792 bits per heavy atom. The fourth-order valence-electron chi connectivity index (χ4n) is 10.4. The smallest absolute Gasteiger partial charge is 0.306 e. The van der Waals surface area contributed by atoms with Crippen LogP contribution in [-0.4, -0.2) is 37.2 Å². The number of carbonyl (C=O) groups is 3. The van der Waals surface area contributed by atoms with Gasteiger partial charge in [-0.2, -0.15) is 0 Å². The molecule has 0 saturated heterocycles. The number of unbranched alkanes of at least 4 members (excludes halogenated alkanes) is 47. The molecule has 1 atom stereocenters. The molecular formula is C71H132O6. The summed E-state index contributed by atoms with van der Waals surface area (Å²) in [6.45, 7) is 6.61. The molecule has 452 valence electrons. The summed E-state index contributed by atoms with van der Waals surface area (Å²) in [5.74, 6) is -0.880. The van der Waals surface area contributed by atoms with E-state index in [1.165, 1.54) is 250 Å². The number of carbonyl (C=O) groups excluding carboxylic acids is 3. The lowest BCUT2D eigenvalue weighted by Gasteiger charge is -2.18. The van der Waals surface area contributed by atoms with Crippen LogP contribution in [-0.2, 0) is 28.6 Å². The molecule has 0 amide bonds. The van der Waals surface area contributed by atoms with Gasteiger partial charge in [-0.3, -0.25) is 14.4 Å². The first-order chi connectivity index (χ1) is 38.0. The molecule has 0 saturated carbocycles. The van der Waals surface area contributed by atoms with E-state index >= 15 is 0 Å². The minimum Gasteiger partial charge on any atom is -0.462 e. The van der Waals surface area contributed by atoms with Gasteiger partial charge >= 0.3 is 17.9 Å². The molecule has 6 heteroatoms. The maximum absolute atomic E-state index is 12.9. The number of allylic oxidation sites excluding steroid dienone is 6. The van der Waals surface area contributed by atoms with Crippen LogP contribution in [0.4, 0.5) is 0 Å². The molecule has 0 fully saturated rings. The van der Waals surface area contributed by atoms with Crippen molar-refractivity contribution in [3.8, 4) is 0 Å². The van der Waals surface area contributed by atoms with Crippen molar-refractivity contribution in [2.24, 2.45) is 0 Å².